The lowest BCUT2D eigenvalue weighted by Gasteiger charge is -2.24. The van der Waals surface area contributed by atoms with Gasteiger partial charge in [0.05, 0.1) is 33.8 Å². The number of carbonyl (C=O) groups is 1. The van der Waals surface area contributed by atoms with Crippen molar-refractivity contribution in [2.75, 3.05) is 0 Å². The normalized spacial score (nSPS) is 25.6. The van der Waals surface area contributed by atoms with Gasteiger partial charge in [0, 0.05) is 28.3 Å². The molecule has 0 radical (unpaired) electrons. The molecule has 0 aliphatic carbocycles. The van der Waals surface area contributed by atoms with Crippen molar-refractivity contribution >= 4 is 29.4 Å². The van der Waals surface area contributed by atoms with Crippen LogP contribution < -0.4 is 16.0 Å². The molecule has 3 aromatic rings. The Balaban J connectivity index is 1.46. The van der Waals surface area contributed by atoms with E-state index in [-0.39, 0.29) is 5.78 Å². The molecule has 0 amide bonds. The van der Waals surface area contributed by atoms with Crippen LogP contribution in [0, 0.1) is 19.3 Å². The van der Waals surface area contributed by atoms with Gasteiger partial charge in [0.25, 0.3) is 0 Å². The fourth-order valence-corrected chi connectivity index (χ4v) is 5.91. The lowest BCUT2D eigenvalue weighted by Crippen LogP contribution is -2.41. The number of allylic oxidation sites excluding steroid dienone is 4. The highest BCUT2D eigenvalue weighted by molar-refractivity contribution is 6.20. The highest BCUT2D eigenvalue weighted by Crippen LogP contribution is 2.45. The monoisotopic (exact) mass is 542 g/mol. The Kier molecular flexibility index (Phi) is 5.26. The number of aromatic nitrogens is 3. The van der Waals surface area contributed by atoms with E-state index in [1.165, 1.54) is 0 Å². The molecule has 2 unspecified atom stereocenters. The molecule has 7 rings (SSSR count). The van der Waals surface area contributed by atoms with Crippen LogP contribution in [0.25, 0.3) is 23.6 Å². The molecular formula is C33H30N6O2. The van der Waals surface area contributed by atoms with Crippen molar-refractivity contribution in [3.8, 4) is 11.5 Å². The van der Waals surface area contributed by atoms with E-state index in [1.54, 1.807) is 6.20 Å². The Morgan fingerprint density at radius 2 is 1.68 bits per heavy atom. The Bertz CT molecular complexity index is 1940. The average Bonchev–Trinajstić information content (AvgIpc) is 3.74. The molecule has 7 heterocycles. The van der Waals surface area contributed by atoms with E-state index in [4.69, 9.17) is 19.4 Å². The number of hydrogen-bond donors (Lipinski definition) is 2. The third-order valence-electron chi connectivity index (χ3n) is 8.07. The van der Waals surface area contributed by atoms with Crippen LogP contribution in [-0.4, -0.2) is 37.7 Å². The van der Waals surface area contributed by atoms with E-state index in [0.29, 0.717) is 17.3 Å². The van der Waals surface area contributed by atoms with Crippen molar-refractivity contribution in [3.63, 3.8) is 0 Å². The zero-order valence-electron chi connectivity index (χ0n) is 23.6. The number of rotatable bonds is 2. The van der Waals surface area contributed by atoms with E-state index in [2.05, 4.69) is 15.3 Å². The molecule has 4 aliphatic rings. The van der Waals surface area contributed by atoms with Crippen LogP contribution in [0.1, 0.15) is 37.9 Å². The van der Waals surface area contributed by atoms with Gasteiger partial charge in [0.15, 0.2) is 17.1 Å². The summed E-state index contributed by atoms with van der Waals surface area (Å²) in [5.74, 6) is 1.12. The summed E-state index contributed by atoms with van der Waals surface area (Å²) >= 11 is 0. The second-order valence-electron chi connectivity index (χ2n) is 11.8. The molecule has 3 aromatic heterocycles. The number of ketones is 1. The summed E-state index contributed by atoms with van der Waals surface area (Å²) in [5, 5.41) is 5.38. The number of aromatic amines is 1. The van der Waals surface area contributed by atoms with E-state index in [0.717, 1.165) is 44.8 Å². The zero-order valence-corrected chi connectivity index (χ0v) is 23.6. The lowest BCUT2D eigenvalue weighted by molar-refractivity contribution is -0.126. The van der Waals surface area contributed by atoms with E-state index in [1.807, 2.05) is 107 Å². The van der Waals surface area contributed by atoms with E-state index in [9.17, 15) is 4.79 Å². The van der Waals surface area contributed by atoms with Gasteiger partial charge in [-0.25, -0.2) is 9.98 Å². The molecular weight excluding hydrogens is 512 g/mol. The smallest absolute Gasteiger partial charge is 0.228 e. The van der Waals surface area contributed by atoms with Gasteiger partial charge < -0.3 is 14.7 Å². The number of hydrogen-bond acceptors (Lipinski definition) is 7. The van der Waals surface area contributed by atoms with Gasteiger partial charge in [-0.2, -0.15) is 0 Å². The number of pyridine rings is 1. The summed E-state index contributed by atoms with van der Waals surface area (Å²) in [4.78, 5) is 36.5. The number of nitrogens with zero attached hydrogens (tertiary/aromatic N) is 4. The van der Waals surface area contributed by atoms with Crippen molar-refractivity contribution < 1.29 is 9.21 Å². The number of H-pyrrole nitrogens is 1. The third-order valence-corrected chi connectivity index (χ3v) is 8.07. The number of fused-ring (bicyclic) bond motifs is 6. The van der Waals surface area contributed by atoms with Crippen LogP contribution in [0.5, 0.6) is 0 Å². The van der Waals surface area contributed by atoms with Gasteiger partial charge in [-0.3, -0.25) is 14.8 Å². The van der Waals surface area contributed by atoms with Crippen LogP contribution in [0.4, 0.5) is 0 Å². The van der Waals surface area contributed by atoms with E-state index >= 15 is 0 Å². The molecule has 4 aliphatic heterocycles. The molecule has 0 saturated carbocycles. The molecule has 2 N–H and O–H groups in total. The standard InChI is InChI=1S/C33H30N6O2/c1-19-6-7-21(18-34-19)29-35-20(2)28(41-29)33-13-12-25(38-33)15-24-9-8-22(36-24)14-23-10-11-26(37-23)16-32(5)30(40)31(3,4)27(17-33)39-32/h6-18,36,39H,1-5H3. The van der Waals surface area contributed by atoms with E-state index < -0.39 is 16.5 Å². The van der Waals surface area contributed by atoms with Gasteiger partial charge in [-0.05, 0) is 107 Å². The maximum absolute atomic E-state index is 13.9. The van der Waals surface area contributed by atoms with Crippen LogP contribution >= 0.6 is 0 Å². The summed E-state index contributed by atoms with van der Waals surface area (Å²) in [6.07, 6.45) is 17.5. The first-order valence-electron chi connectivity index (χ1n) is 13.7. The Morgan fingerprint density at radius 1 is 0.902 bits per heavy atom. The maximum Gasteiger partial charge on any atom is 0.228 e. The molecule has 2 atom stereocenters. The Labute approximate surface area is 237 Å². The minimum absolute atomic E-state index is 0.0521. The van der Waals surface area contributed by atoms with Crippen molar-refractivity contribution in [3.05, 3.63) is 106 Å². The second kappa shape index (κ2) is 8.57. The SMILES string of the molecule is Cc1ccc(-c2nc(C)c(C34C=CC(=N3)C=c3ccc([nH]3)=CC3=NC(=CC5(C)NC(=C4)C(C)(C)C5=O)C=C3)o2)cn1. The summed E-state index contributed by atoms with van der Waals surface area (Å²) in [6, 6.07) is 7.91. The lowest BCUT2D eigenvalue weighted by atomic mass is 9.79. The fraction of sp³-hybridized carbons (Fsp3) is 0.242. The topological polar surface area (TPSA) is 109 Å². The largest absolute Gasteiger partial charge is 0.438 e. The quantitative estimate of drug-likeness (QED) is 0.511. The second-order valence-corrected chi connectivity index (χ2v) is 11.8. The summed E-state index contributed by atoms with van der Waals surface area (Å²) in [6.45, 7) is 9.65. The summed E-state index contributed by atoms with van der Waals surface area (Å²) in [7, 11) is 0. The van der Waals surface area contributed by atoms with Crippen molar-refractivity contribution in [1.82, 2.24) is 20.3 Å². The fourth-order valence-electron chi connectivity index (χ4n) is 5.91. The Hall–Kier alpha value is -4.85. The maximum atomic E-state index is 13.9. The number of oxazole rings is 1. The van der Waals surface area contributed by atoms with Gasteiger partial charge in [0.2, 0.25) is 5.89 Å². The minimum Gasteiger partial charge on any atom is -0.438 e. The van der Waals surface area contributed by atoms with Gasteiger partial charge in [-0.1, -0.05) is 0 Å². The predicted molar refractivity (Wildman–Crippen MR) is 160 cm³/mol. The zero-order chi connectivity index (χ0) is 28.6. The molecule has 8 nitrogen and oxygen atoms in total. The minimum atomic E-state index is -1.02. The van der Waals surface area contributed by atoms with Crippen molar-refractivity contribution in [2.24, 2.45) is 15.4 Å². The molecule has 1 fully saturated rings. The first-order valence-corrected chi connectivity index (χ1v) is 13.7. The molecule has 8 bridgehead atoms. The predicted octanol–water partition coefficient (Wildman–Crippen LogP) is 3.90. The first-order chi connectivity index (χ1) is 19.5. The summed E-state index contributed by atoms with van der Waals surface area (Å²) in [5.41, 5.74) is 2.71. The van der Waals surface area contributed by atoms with Crippen molar-refractivity contribution in [2.45, 2.75) is 45.7 Å². The Morgan fingerprint density at radius 3 is 2.44 bits per heavy atom. The molecule has 8 heteroatoms. The molecule has 1 saturated heterocycles. The van der Waals surface area contributed by atoms with Crippen molar-refractivity contribution in [1.29, 1.82) is 0 Å². The van der Waals surface area contributed by atoms with Gasteiger partial charge in [-0.15, -0.1) is 0 Å². The van der Waals surface area contributed by atoms with Crippen LogP contribution in [0.3, 0.4) is 0 Å². The van der Waals surface area contributed by atoms with Crippen LogP contribution in [0.15, 0.2) is 92.7 Å². The molecule has 0 aromatic carbocycles. The molecule has 41 heavy (non-hydrogen) atoms. The molecule has 0 spiro atoms. The highest BCUT2D eigenvalue weighted by Gasteiger charge is 2.52. The number of carbonyl (C=O) groups excluding carboxylic acids is 1. The van der Waals surface area contributed by atoms with Crippen LogP contribution in [-0.2, 0) is 10.3 Å². The third kappa shape index (κ3) is 4.09. The number of nitrogens with one attached hydrogen (secondary N) is 2. The molecule has 204 valence electrons. The number of aliphatic imine (C=N–C) groups is 2. The highest BCUT2D eigenvalue weighted by atomic mass is 16.4. The average molecular weight is 543 g/mol. The van der Waals surface area contributed by atoms with Gasteiger partial charge in [0.1, 0.15) is 5.54 Å². The van der Waals surface area contributed by atoms with Crippen LogP contribution in [0.2, 0.25) is 0 Å². The number of Topliss-reactive ketones (excluding diaryl/α,β-unsaturated/α-hetero) is 1. The first kappa shape index (κ1) is 25.1. The number of aryl methyl sites for hydroxylation is 2. The summed E-state index contributed by atoms with van der Waals surface area (Å²) < 4.78 is 6.47. The van der Waals surface area contributed by atoms with Gasteiger partial charge >= 0.3 is 0 Å².